The van der Waals surface area contributed by atoms with Crippen LogP contribution < -0.4 is 9.88 Å². The Balaban J connectivity index is 2.76. The molecule has 0 fully saturated rings. The zero-order valence-electron chi connectivity index (χ0n) is 11.7. The highest BCUT2D eigenvalue weighted by Gasteiger charge is 2.19. The Morgan fingerprint density at radius 1 is 1.33 bits per heavy atom. The second kappa shape index (κ2) is 6.37. The zero-order valence-corrected chi connectivity index (χ0v) is 12.5. The van der Waals surface area contributed by atoms with Crippen LogP contribution in [-0.2, 0) is 10.0 Å². The number of hydrogen-bond acceptors (Lipinski definition) is 4. The summed E-state index contributed by atoms with van der Waals surface area (Å²) in [5, 5.41) is 13.6. The van der Waals surface area contributed by atoms with E-state index in [1.165, 1.54) is 0 Å². The number of ether oxygens (including phenoxy) is 1. The average Bonchev–Trinajstić information content (AvgIpc) is 2.35. The minimum atomic E-state index is -4.18. The van der Waals surface area contributed by atoms with Crippen LogP contribution in [0.1, 0.15) is 26.7 Å². The second-order valence-corrected chi connectivity index (χ2v) is 6.77. The lowest BCUT2D eigenvalue weighted by molar-refractivity contribution is 0.260. The Morgan fingerprint density at radius 2 is 1.86 bits per heavy atom. The van der Waals surface area contributed by atoms with Crippen molar-refractivity contribution in [3.05, 3.63) is 23.8 Å². The molecule has 21 heavy (non-hydrogen) atoms. The number of primary sulfonamides is 1. The fraction of sp³-hybridized carbons (Fsp3) is 0.462. The molecule has 1 aromatic carbocycles. The van der Waals surface area contributed by atoms with Gasteiger partial charge in [-0.25, -0.2) is 22.3 Å². The first kappa shape index (κ1) is 17.3. The maximum atomic E-state index is 13.6. The first-order valence-corrected chi connectivity index (χ1v) is 7.67. The highest BCUT2D eigenvalue weighted by Crippen LogP contribution is 2.26. The number of nitrogens with two attached hydrogens (primary N) is 1. The van der Waals surface area contributed by atoms with Crippen LogP contribution in [0.15, 0.2) is 17.0 Å². The van der Waals surface area contributed by atoms with Gasteiger partial charge in [-0.05, 0) is 38.8 Å². The predicted octanol–water partition coefficient (Wildman–Crippen LogP) is 2.32. The third-order valence-electron chi connectivity index (χ3n) is 2.80. The van der Waals surface area contributed by atoms with E-state index in [4.69, 9.17) is 15.1 Å². The van der Waals surface area contributed by atoms with Gasteiger partial charge in [0.1, 0.15) is 0 Å². The van der Waals surface area contributed by atoms with Crippen LogP contribution >= 0.6 is 0 Å². The molecule has 0 atom stereocenters. The minimum Gasteiger partial charge on any atom is -0.488 e. The van der Waals surface area contributed by atoms with Gasteiger partial charge >= 0.3 is 0 Å². The van der Waals surface area contributed by atoms with E-state index in [0.717, 1.165) is 0 Å². The number of sulfonamides is 1. The Kier molecular flexibility index (Phi) is 5.25. The molecule has 0 saturated carbocycles. The molecule has 0 saturated heterocycles. The van der Waals surface area contributed by atoms with Crippen LogP contribution in [0.2, 0.25) is 0 Å². The van der Waals surface area contributed by atoms with Crippen LogP contribution in [-0.4, -0.2) is 15.0 Å². The molecule has 0 heterocycles. The summed E-state index contributed by atoms with van der Waals surface area (Å²) >= 11 is 0. The van der Waals surface area contributed by atoms with Gasteiger partial charge in [0, 0.05) is 0 Å². The average molecular weight is 318 g/mol. The standard InChI is InChI=1S/C13H16F2N2O3S/c1-13(2,8-16)4-3-5-20-12-10(14)6-9(7-11(12)15)21(17,18)19/h6-7H,3-5H2,1-2H3,(H2,17,18,19). The summed E-state index contributed by atoms with van der Waals surface area (Å²) in [6.07, 6.45) is 0.929. The minimum absolute atomic E-state index is 0.00761. The molecule has 0 aliphatic rings. The molecule has 0 amide bonds. The quantitative estimate of drug-likeness (QED) is 0.815. The van der Waals surface area contributed by atoms with Gasteiger partial charge < -0.3 is 4.74 Å². The molecule has 0 spiro atoms. The van der Waals surface area contributed by atoms with E-state index in [2.05, 4.69) is 6.07 Å². The van der Waals surface area contributed by atoms with E-state index in [0.29, 0.717) is 25.0 Å². The molecule has 5 nitrogen and oxygen atoms in total. The van der Waals surface area contributed by atoms with Gasteiger partial charge in [-0.1, -0.05) is 0 Å². The third-order valence-corrected chi connectivity index (χ3v) is 3.69. The lowest BCUT2D eigenvalue weighted by Gasteiger charge is -2.15. The Bertz CT molecular complexity index is 643. The molecular weight excluding hydrogens is 302 g/mol. The van der Waals surface area contributed by atoms with E-state index in [1.54, 1.807) is 13.8 Å². The highest BCUT2D eigenvalue weighted by atomic mass is 32.2. The SMILES string of the molecule is CC(C)(C#N)CCCOc1c(F)cc(S(N)(=O)=O)cc1F. The number of nitriles is 1. The van der Waals surface area contributed by atoms with Crippen molar-refractivity contribution in [1.29, 1.82) is 5.26 Å². The monoisotopic (exact) mass is 318 g/mol. The van der Waals surface area contributed by atoms with Gasteiger partial charge in [0.15, 0.2) is 17.4 Å². The van der Waals surface area contributed by atoms with Gasteiger partial charge in [-0.2, -0.15) is 5.26 Å². The van der Waals surface area contributed by atoms with Crippen molar-refractivity contribution in [3.63, 3.8) is 0 Å². The van der Waals surface area contributed by atoms with E-state index in [-0.39, 0.29) is 6.61 Å². The summed E-state index contributed by atoms with van der Waals surface area (Å²) < 4.78 is 54.3. The number of benzene rings is 1. The summed E-state index contributed by atoms with van der Waals surface area (Å²) in [4.78, 5) is -0.657. The highest BCUT2D eigenvalue weighted by molar-refractivity contribution is 7.89. The van der Waals surface area contributed by atoms with Crippen molar-refractivity contribution in [2.24, 2.45) is 10.6 Å². The third kappa shape index (κ3) is 4.95. The van der Waals surface area contributed by atoms with Crippen molar-refractivity contribution in [2.75, 3.05) is 6.61 Å². The first-order valence-electron chi connectivity index (χ1n) is 6.13. The maximum Gasteiger partial charge on any atom is 0.238 e. The van der Waals surface area contributed by atoms with E-state index in [1.807, 2.05) is 0 Å². The van der Waals surface area contributed by atoms with Crippen LogP contribution in [0.25, 0.3) is 0 Å². The number of hydrogen-bond donors (Lipinski definition) is 1. The van der Waals surface area contributed by atoms with Crippen molar-refractivity contribution < 1.29 is 21.9 Å². The van der Waals surface area contributed by atoms with Crippen molar-refractivity contribution in [3.8, 4) is 11.8 Å². The molecule has 1 rings (SSSR count). The van der Waals surface area contributed by atoms with Gasteiger partial charge in [0.2, 0.25) is 10.0 Å². The van der Waals surface area contributed by atoms with E-state index in [9.17, 15) is 17.2 Å². The molecule has 116 valence electrons. The van der Waals surface area contributed by atoms with Crippen molar-refractivity contribution in [2.45, 2.75) is 31.6 Å². The van der Waals surface area contributed by atoms with Crippen LogP contribution in [0, 0.1) is 28.4 Å². The van der Waals surface area contributed by atoms with E-state index >= 15 is 0 Å². The lowest BCUT2D eigenvalue weighted by Crippen LogP contribution is -2.14. The van der Waals surface area contributed by atoms with Crippen molar-refractivity contribution >= 4 is 10.0 Å². The Hall–Kier alpha value is -1.72. The molecular formula is C13H16F2N2O3S. The second-order valence-electron chi connectivity index (χ2n) is 5.21. The Morgan fingerprint density at radius 3 is 2.29 bits per heavy atom. The number of rotatable bonds is 6. The van der Waals surface area contributed by atoms with Gasteiger partial charge in [0.25, 0.3) is 0 Å². The van der Waals surface area contributed by atoms with Crippen LogP contribution in [0.5, 0.6) is 5.75 Å². The normalized spacial score (nSPS) is 12.0. The van der Waals surface area contributed by atoms with Crippen LogP contribution in [0.3, 0.4) is 0 Å². The number of nitrogens with zero attached hydrogens (tertiary/aromatic N) is 1. The molecule has 0 aliphatic carbocycles. The molecule has 0 bridgehead atoms. The fourth-order valence-corrected chi connectivity index (χ4v) is 2.12. The largest absolute Gasteiger partial charge is 0.488 e. The topological polar surface area (TPSA) is 93.2 Å². The molecule has 0 radical (unpaired) electrons. The fourth-order valence-electron chi connectivity index (χ4n) is 1.58. The van der Waals surface area contributed by atoms with Crippen molar-refractivity contribution in [1.82, 2.24) is 0 Å². The summed E-state index contributed by atoms with van der Waals surface area (Å²) in [6, 6.07) is 3.31. The van der Waals surface area contributed by atoms with Gasteiger partial charge in [-0.15, -0.1) is 0 Å². The zero-order chi connectivity index (χ0) is 16.3. The Labute approximate surface area is 122 Å². The maximum absolute atomic E-state index is 13.6. The van der Waals surface area contributed by atoms with Gasteiger partial charge in [0.05, 0.1) is 23.0 Å². The molecule has 0 aliphatic heterocycles. The van der Waals surface area contributed by atoms with E-state index < -0.39 is 37.7 Å². The summed E-state index contributed by atoms with van der Waals surface area (Å²) in [5.41, 5.74) is -0.544. The molecule has 2 N–H and O–H groups in total. The lowest BCUT2D eigenvalue weighted by atomic mass is 9.90. The molecule has 8 heteroatoms. The number of halogens is 2. The molecule has 0 unspecified atom stereocenters. The molecule has 0 aromatic heterocycles. The first-order chi connectivity index (χ1) is 9.57. The smallest absolute Gasteiger partial charge is 0.238 e. The molecule has 1 aromatic rings. The predicted molar refractivity (Wildman–Crippen MR) is 71.9 cm³/mol. The van der Waals surface area contributed by atoms with Gasteiger partial charge in [-0.3, -0.25) is 0 Å². The summed E-state index contributed by atoms with van der Waals surface area (Å²) in [7, 11) is -4.18. The van der Waals surface area contributed by atoms with Crippen LogP contribution in [0.4, 0.5) is 8.78 Å². The summed E-state index contributed by atoms with van der Waals surface area (Å²) in [5.74, 6) is -2.94. The summed E-state index contributed by atoms with van der Waals surface area (Å²) in [6.45, 7) is 3.50.